The van der Waals surface area contributed by atoms with Crippen molar-refractivity contribution in [2.75, 3.05) is 11.1 Å². The Bertz CT molecular complexity index is 718. The monoisotopic (exact) mass is 377 g/mol. The number of nitrogens with one attached hydrogen (secondary N) is 3. The van der Waals surface area contributed by atoms with Crippen LogP contribution >= 0.6 is 0 Å². The van der Waals surface area contributed by atoms with E-state index in [-0.39, 0.29) is 12.2 Å². The van der Waals surface area contributed by atoms with Gasteiger partial charge in [-0.15, -0.1) is 0 Å². The minimum absolute atomic E-state index is 0.0441. The van der Waals surface area contributed by atoms with Crippen molar-refractivity contribution in [1.82, 2.24) is 10.0 Å². The molecule has 0 heterocycles. The molecule has 140 valence electrons. The predicted molar refractivity (Wildman–Crippen MR) is 99.1 cm³/mol. The van der Waals surface area contributed by atoms with Crippen LogP contribution in [-0.4, -0.2) is 28.2 Å². The number of fused-ring (bicyclic) bond motifs is 2. The fourth-order valence-electron chi connectivity index (χ4n) is 3.70. The maximum atomic E-state index is 12.3. The summed E-state index contributed by atoms with van der Waals surface area (Å²) in [5.74, 6) is -1.01. The zero-order valence-electron chi connectivity index (χ0n) is 14.8. The van der Waals surface area contributed by atoms with E-state index in [0.29, 0.717) is 0 Å². The van der Waals surface area contributed by atoms with Crippen LogP contribution in [-0.2, 0) is 46.6 Å². The first-order valence-electron chi connectivity index (χ1n) is 8.87. The normalized spacial score (nSPS) is 15.8. The van der Waals surface area contributed by atoms with Crippen LogP contribution in [0.1, 0.15) is 48.4 Å². The summed E-state index contributed by atoms with van der Waals surface area (Å²) in [7, 11) is 0. The number of hydrogen-bond donors (Lipinski definition) is 3. The Morgan fingerprint density at radius 3 is 2.27 bits per heavy atom. The SMILES string of the molecule is CC(=O)NC(=O)CC[S+]([O-])NC(=O)Nc1c2c(cc3c1CCC3)CCC2. The number of carbonyl (C=O) groups excluding carboxylic acids is 3. The van der Waals surface area contributed by atoms with Crippen molar-refractivity contribution in [2.24, 2.45) is 0 Å². The summed E-state index contributed by atoms with van der Waals surface area (Å²) in [6, 6.07) is 1.75. The molecule has 7 nitrogen and oxygen atoms in total. The van der Waals surface area contributed by atoms with Crippen LogP contribution in [0.2, 0.25) is 0 Å². The van der Waals surface area contributed by atoms with Gasteiger partial charge in [-0.2, -0.15) is 4.72 Å². The van der Waals surface area contributed by atoms with Gasteiger partial charge in [0.15, 0.2) is 0 Å². The molecule has 1 atom stereocenters. The first-order valence-corrected chi connectivity index (χ1v) is 10.2. The molecule has 0 bridgehead atoms. The Balaban J connectivity index is 1.59. The lowest BCUT2D eigenvalue weighted by atomic mass is 9.99. The lowest BCUT2D eigenvalue weighted by molar-refractivity contribution is -0.129. The second-order valence-corrected chi connectivity index (χ2v) is 8.00. The Morgan fingerprint density at radius 2 is 1.69 bits per heavy atom. The van der Waals surface area contributed by atoms with Crippen molar-refractivity contribution in [3.8, 4) is 0 Å². The summed E-state index contributed by atoms with van der Waals surface area (Å²) in [4.78, 5) is 34.4. The third kappa shape index (κ3) is 4.37. The van der Waals surface area contributed by atoms with Crippen LogP contribution in [0.15, 0.2) is 6.07 Å². The standard InChI is InChI=1S/C18H23N3O4S/c1-11(22)19-16(23)8-9-26(25)21-18(24)20-17-14-6-2-4-12(14)10-13-5-3-7-15(13)17/h10H,2-9H2,1H3,(H,19,22,23)(H2,20,21,24). The van der Waals surface area contributed by atoms with E-state index in [1.807, 2.05) is 0 Å². The Morgan fingerprint density at radius 1 is 1.08 bits per heavy atom. The Hall–Kier alpha value is -2.06. The van der Waals surface area contributed by atoms with Gasteiger partial charge in [0, 0.05) is 12.6 Å². The second-order valence-electron chi connectivity index (χ2n) is 6.69. The molecule has 0 fully saturated rings. The Labute approximate surface area is 155 Å². The highest BCUT2D eigenvalue weighted by atomic mass is 32.2. The first-order chi connectivity index (χ1) is 12.4. The lowest BCUT2D eigenvalue weighted by Gasteiger charge is -2.17. The topological polar surface area (TPSA) is 110 Å². The summed E-state index contributed by atoms with van der Waals surface area (Å²) in [5, 5.41) is 5.00. The van der Waals surface area contributed by atoms with Gasteiger partial charge in [-0.25, -0.2) is 4.79 Å². The summed E-state index contributed by atoms with van der Waals surface area (Å²) >= 11 is -1.69. The first kappa shape index (κ1) is 18.7. The largest absolute Gasteiger partial charge is 0.593 e. The van der Waals surface area contributed by atoms with E-state index < -0.39 is 29.2 Å². The molecule has 0 aromatic heterocycles. The minimum Gasteiger partial charge on any atom is -0.593 e. The fraction of sp³-hybridized carbons (Fsp3) is 0.500. The number of carbonyl (C=O) groups is 3. The van der Waals surface area contributed by atoms with Crippen molar-refractivity contribution < 1.29 is 18.9 Å². The van der Waals surface area contributed by atoms with Crippen LogP contribution < -0.4 is 15.4 Å². The van der Waals surface area contributed by atoms with E-state index in [4.69, 9.17) is 0 Å². The van der Waals surface area contributed by atoms with E-state index in [1.54, 1.807) is 0 Å². The molecule has 0 spiro atoms. The van der Waals surface area contributed by atoms with Crippen molar-refractivity contribution >= 4 is 34.9 Å². The number of amides is 4. The third-order valence-electron chi connectivity index (χ3n) is 4.75. The van der Waals surface area contributed by atoms with Gasteiger partial charge in [0.25, 0.3) is 0 Å². The van der Waals surface area contributed by atoms with Gasteiger partial charge in [0.2, 0.25) is 11.8 Å². The highest BCUT2D eigenvalue weighted by Gasteiger charge is 2.25. The summed E-state index contributed by atoms with van der Waals surface area (Å²) in [5.41, 5.74) is 5.90. The van der Waals surface area contributed by atoms with Crippen molar-refractivity contribution in [3.05, 3.63) is 28.3 Å². The number of urea groups is 1. The average molecular weight is 377 g/mol. The molecule has 8 heteroatoms. The van der Waals surface area contributed by atoms with Crippen LogP contribution in [0.5, 0.6) is 0 Å². The highest BCUT2D eigenvalue weighted by Crippen LogP contribution is 2.38. The molecule has 0 radical (unpaired) electrons. The van der Waals surface area contributed by atoms with E-state index in [2.05, 4.69) is 21.4 Å². The van der Waals surface area contributed by atoms with Gasteiger partial charge in [-0.1, -0.05) is 6.07 Å². The fourth-order valence-corrected chi connectivity index (χ4v) is 4.44. The second kappa shape index (κ2) is 8.09. The van der Waals surface area contributed by atoms with Crippen molar-refractivity contribution in [2.45, 2.75) is 51.9 Å². The smallest absolute Gasteiger partial charge is 0.360 e. The predicted octanol–water partition coefficient (Wildman–Crippen LogP) is 1.50. The molecule has 26 heavy (non-hydrogen) atoms. The zero-order valence-corrected chi connectivity index (χ0v) is 15.6. The van der Waals surface area contributed by atoms with Crippen molar-refractivity contribution in [1.29, 1.82) is 0 Å². The lowest BCUT2D eigenvalue weighted by Crippen LogP contribution is -2.38. The Kier molecular flexibility index (Phi) is 5.83. The molecule has 2 aliphatic carbocycles. The van der Waals surface area contributed by atoms with E-state index in [0.717, 1.165) is 44.2 Å². The van der Waals surface area contributed by atoms with E-state index in [1.165, 1.54) is 29.2 Å². The molecule has 2 aliphatic rings. The maximum Gasteiger partial charge on any atom is 0.360 e. The molecule has 0 saturated heterocycles. The van der Waals surface area contributed by atoms with Crippen LogP contribution in [0.3, 0.4) is 0 Å². The van der Waals surface area contributed by atoms with Crippen LogP contribution in [0.25, 0.3) is 0 Å². The van der Waals surface area contributed by atoms with Gasteiger partial charge in [-0.05, 0) is 60.8 Å². The third-order valence-corrected chi connectivity index (χ3v) is 5.74. The summed E-state index contributed by atoms with van der Waals surface area (Å²) < 4.78 is 14.4. The summed E-state index contributed by atoms with van der Waals surface area (Å²) in [6.07, 6.45) is 6.06. The molecule has 1 unspecified atom stereocenters. The molecule has 1 aromatic rings. The van der Waals surface area contributed by atoms with Gasteiger partial charge >= 0.3 is 6.03 Å². The molecule has 4 amide bonds. The number of rotatable bonds is 5. The molecule has 3 N–H and O–H groups in total. The number of benzene rings is 1. The minimum atomic E-state index is -1.69. The number of aryl methyl sites for hydroxylation is 2. The molecule has 3 rings (SSSR count). The summed E-state index contributed by atoms with van der Waals surface area (Å²) in [6.45, 7) is 1.23. The van der Waals surface area contributed by atoms with Gasteiger partial charge < -0.3 is 9.87 Å². The van der Waals surface area contributed by atoms with E-state index >= 15 is 0 Å². The maximum absolute atomic E-state index is 12.3. The molecular formula is C18H23N3O4S. The van der Waals surface area contributed by atoms with Gasteiger partial charge in [-0.3, -0.25) is 14.9 Å². The van der Waals surface area contributed by atoms with Gasteiger partial charge in [0.1, 0.15) is 5.75 Å². The number of hydrogen-bond acceptors (Lipinski definition) is 4. The average Bonchev–Trinajstić information content (AvgIpc) is 3.20. The molecule has 0 saturated carbocycles. The van der Waals surface area contributed by atoms with Crippen LogP contribution in [0.4, 0.5) is 10.5 Å². The quantitative estimate of drug-likeness (QED) is 0.675. The van der Waals surface area contributed by atoms with Crippen LogP contribution in [0, 0.1) is 0 Å². The van der Waals surface area contributed by atoms with Gasteiger partial charge in [0.05, 0.1) is 17.8 Å². The van der Waals surface area contributed by atoms with Crippen molar-refractivity contribution in [3.63, 3.8) is 0 Å². The highest BCUT2D eigenvalue weighted by molar-refractivity contribution is 7.90. The molecule has 0 aliphatic heterocycles. The number of anilines is 1. The zero-order chi connectivity index (χ0) is 18.7. The molecular weight excluding hydrogens is 354 g/mol. The molecule has 1 aromatic carbocycles. The number of imide groups is 1. The van der Waals surface area contributed by atoms with E-state index in [9.17, 15) is 18.9 Å².